The van der Waals surface area contributed by atoms with Crippen LogP contribution in [-0.4, -0.2) is 53.4 Å². The predicted molar refractivity (Wildman–Crippen MR) is 98.5 cm³/mol. The number of nitro benzene ring substituents is 1. The molecule has 0 atom stereocenters. The number of carbonyl (C=O) groups excluding carboxylic acids is 1. The third kappa shape index (κ3) is 4.36. The number of hydrogen-bond donors (Lipinski definition) is 0. The molecular formula is C17H18ClN3O3S. The minimum Gasteiger partial charge on any atom is -0.336 e. The molecule has 3 rings (SSSR count). The van der Waals surface area contributed by atoms with Gasteiger partial charge >= 0.3 is 0 Å². The van der Waals surface area contributed by atoms with Gasteiger partial charge in [0.15, 0.2) is 0 Å². The highest BCUT2D eigenvalue weighted by atomic mass is 35.5. The lowest BCUT2D eigenvalue weighted by Gasteiger charge is -2.34. The molecule has 1 fully saturated rings. The summed E-state index contributed by atoms with van der Waals surface area (Å²) in [5.74, 6) is -0.304. The van der Waals surface area contributed by atoms with Crippen molar-refractivity contribution in [3.8, 4) is 0 Å². The van der Waals surface area contributed by atoms with Gasteiger partial charge in [0.25, 0.3) is 11.6 Å². The van der Waals surface area contributed by atoms with Crippen LogP contribution in [-0.2, 0) is 6.42 Å². The predicted octanol–water partition coefficient (Wildman–Crippen LogP) is 3.31. The standard InChI is InChI=1S/C17H18ClN3O3S/c18-13-3-4-15(16(12-13)21(23)24)17(22)20-9-7-19(8-10-20)6-5-14-2-1-11-25-14/h1-4,11-12H,5-10H2. The van der Waals surface area contributed by atoms with Gasteiger partial charge in [0.2, 0.25) is 0 Å². The van der Waals surface area contributed by atoms with E-state index in [-0.39, 0.29) is 22.2 Å². The molecule has 1 aliphatic rings. The summed E-state index contributed by atoms with van der Waals surface area (Å²) in [6.07, 6.45) is 1.01. The molecule has 6 nitrogen and oxygen atoms in total. The van der Waals surface area contributed by atoms with Crippen LogP contribution in [0.15, 0.2) is 35.7 Å². The number of nitrogens with zero attached hydrogens (tertiary/aromatic N) is 3. The highest BCUT2D eigenvalue weighted by molar-refractivity contribution is 7.09. The topological polar surface area (TPSA) is 66.7 Å². The van der Waals surface area contributed by atoms with E-state index in [4.69, 9.17) is 11.6 Å². The largest absolute Gasteiger partial charge is 0.336 e. The van der Waals surface area contributed by atoms with Crippen molar-refractivity contribution in [1.82, 2.24) is 9.80 Å². The number of carbonyl (C=O) groups is 1. The molecule has 132 valence electrons. The van der Waals surface area contributed by atoms with E-state index in [9.17, 15) is 14.9 Å². The minimum absolute atomic E-state index is 0.0986. The Kier molecular flexibility index (Phi) is 5.67. The number of amides is 1. The van der Waals surface area contributed by atoms with Gasteiger partial charge in [-0.05, 0) is 30.0 Å². The fourth-order valence-corrected chi connectivity index (χ4v) is 3.77. The van der Waals surface area contributed by atoms with Crippen molar-refractivity contribution in [3.05, 3.63) is 61.3 Å². The molecule has 1 aliphatic heterocycles. The van der Waals surface area contributed by atoms with Crippen molar-refractivity contribution < 1.29 is 9.72 Å². The number of thiophene rings is 1. The second-order valence-corrected chi connectivity index (χ2v) is 7.35. The van der Waals surface area contributed by atoms with Crippen molar-refractivity contribution in [1.29, 1.82) is 0 Å². The normalized spacial score (nSPS) is 15.3. The van der Waals surface area contributed by atoms with Crippen LogP contribution >= 0.6 is 22.9 Å². The average Bonchev–Trinajstić information content (AvgIpc) is 3.13. The number of nitro groups is 1. The molecule has 1 aromatic carbocycles. The molecule has 2 heterocycles. The molecule has 1 aromatic heterocycles. The number of piperazine rings is 1. The van der Waals surface area contributed by atoms with Gasteiger partial charge in [-0.1, -0.05) is 17.7 Å². The van der Waals surface area contributed by atoms with Crippen molar-refractivity contribution >= 4 is 34.5 Å². The van der Waals surface area contributed by atoms with E-state index in [2.05, 4.69) is 22.4 Å². The molecule has 0 aliphatic carbocycles. The van der Waals surface area contributed by atoms with E-state index in [1.54, 1.807) is 16.2 Å². The van der Waals surface area contributed by atoms with Crippen molar-refractivity contribution in [2.75, 3.05) is 32.7 Å². The van der Waals surface area contributed by atoms with E-state index in [0.29, 0.717) is 13.1 Å². The van der Waals surface area contributed by atoms with Crippen LogP contribution in [0.1, 0.15) is 15.2 Å². The van der Waals surface area contributed by atoms with Crippen molar-refractivity contribution in [3.63, 3.8) is 0 Å². The Morgan fingerprint density at radius 3 is 2.64 bits per heavy atom. The summed E-state index contributed by atoms with van der Waals surface area (Å²) < 4.78 is 0. The quantitative estimate of drug-likeness (QED) is 0.590. The van der Waals surface area contributed by atoms with Gasteiger partial charge in [-0.3, -0.25) is 19.8 Å². The molecule has 0 bridgehead atoms. The summed E-state index contributed by atoms with van der Waals surface area (Å²) in [5, 5.41) is 13.5. The van der Waals surface area contributed by atoms with Crippen LogP contribution in [0, 0.1) is 10.1 Å². The number of halogens is 1. The Hall–Kier alpha value is -1.96. The number of hydrogen-bond acceptors (Lipinski definition) is 5. The molecule has 25 heavy (non-hydrogen) atoms. The second-order valence-electron chi connectivity index (χ2n) is 5.88. The van der Waals surface area contributed by atoms with Crippen LogP contribution in [0.25, 0.3) is 0 Å². The third-order valence-electron chi connectivity index (χ3n) is 4.30. The van der Waals surface area contributed by atoms with Gasteiger partial charge in [0.1, 0.15) is 5.56 Å². The third-order valence-corrected chi connectivity index (χ3v) is 5.47. The number of benzene rings is 1. The monoisotopic (exact) mass is 379 g/mol. The Bertz CT molecular complexity index is 759. The molecule has 8 heteroatoms. The van der Waals surface area contributed by atoms with Gasteiger partial charge < -0.3 is 4.90 Å². The van der Waals surface area contributed by atoms with E-state index < -0.39 is 4.92 Å². The van der Waals surface area contributed by atoms with Gasteiger partial charge in [-0.25, -0.2) is 0 Å². The van der Waals surface area contributed by atoms with Crippen molar-refractivity contribution in [2.45, 2.75) is 6.42 Å². The van der Waals surface area contributed by atoms with Gasteiger partial charge in [-0.2, -0.15) is 0 Å². The van der Waals surface area contributed by atoms with Crippen LogP contribution in [0.3, 0.4) is 0 Å². The van der Waals surface area contributed by atoms with Crippen LogP contribution < -0.4 is 0 Å². The molecular weight excluding hydrogens is 362 g/mol. The van der Waals surface area contributed by atoms with E-state index >= 15 is 0 Å². The van der Waals surface area contributed by atoms with Crippen LogP contribution in [0.5, 0.6) is 0 Å². The highest BCUT2D eigenvalue weighted by Gasteiger charge is 2.27. The summed E-state index contributed by atoms with van der Waals surface area (Å²) in [5.41, 5.74) is -0.140. The Morgan fingerprint density at radius 2 is 2.00 bits per heavy atom. The lowest BCUT2D eigenvalue weighted by atomic mass is 10.1. The van der Waals surface area contributed by atoms with Gasteiger partial charge in [-0.15, -0.1) is 11.3 Å². The average molecular weight is 380 g/mol. The number of rotatable bonds is 5. The maximum Gasteiger partial charge on any atom is 0.283 e. The van der Waals surface area contributed by atoms with Crippen LogP contribution in [0.2, 0.25) is 5.02 Å². The Morgan fingerprint density at radius 1 is 1.24 bits per heavy atom. The van der Waals surface area contributed by atoms with E-state index in [1.807, 2.05) is 0 Å². The first-order valence-corrected chi connectivity index (χ1v) is 9.28. The zero-order valence-corrected chi connectivity index (χ0v) is 15.1. The maximum atomic E-state index is 12.6. The fraction of sp³-hybridized carbons (Fsp3) is 0.353. The van der Waals surface area contributed by atoms with Gasteiger partial charge in [0.05, 0.1) is 4.92 Å². The lowest BCUT2D eigenvalue weighted by Crippen LogP contribution is -2.49. The molecule has 1 amide bonds. The summed E-state index contributed by atoms with van der Waals surface area (Å²) in [4.78, 5) is 28.6. The smallest absolute Gasteiger partial charge is 0.283 e. The summed E-state index contributed by atoms with van der Waals surface area (Å²) in [7, 11) is 0. The molecule has 0 unspecified atom stereocenters. The summed E-state index contributed by atoms with van der Waals surface area (Å²) >= 11 is 7.57. The zero-order chi connectivity index (χ0) is 17.8. The Labute approximate surface area is 154 Å². The molecule has 0 radical (unpaired) electrons. The van der Waals surface area contributed by atoms with E-state index in [1.165, 1.54) is 23.1 Å². The minimum atomic E-state index is -0.559. The van der Waals surface area contributed by atoms with E-state index in [0.717, 1.165) is 26.1 Å². The summed E-state index contributed by atoms with van der Waals surface area (Å²) in [6, 6.07) is 8.36. The summed E-state index contributed by atoms with van der Waals surface area (Å²) in [6.45, 7) is 3.66. The van der Waals surface area contributed by atoms with Gasteiger partial charge in [0, 0.05) is 48.7 Å². The first-order valence-electron chi connectivity index (χ1n) is 8.02. The first kappa shape index (κ1) is 17.8. The SMILES string of the molecule is O=C(c1ccc(Cl)cc1[N+](=O)[O-])N1CCN(CCc2cccs2)CC1. The molecule has 0 N–H and O–H groups in total. The molecule has 0 saturated carbocycles. The lowest BCUT2D eigenvalue weighted by molar-refractivity contribution is -0.385. The van der Waals surface area contributed by atoms with Crippen LogP contribution in [0.4, 0.5) is 5.69 Å². The zero-order valence-electron chi connectivity index (χ0n) is 13.6. The van der Waals surface area contributed by atoms with Crippen molar-refractivity contribution in [2.24, 2.45) is 0 Å². The first-order chi connectivity index (χ1) is 12.0. The fourth-order valence-electron chi connectivity index (χ4n) is 2.90. The Balaban J connectivity index is 1.59. The maximum absolute atomic E-state index is 12.6. The molecule has 2 aromatic rings. The second kappa shape index (κ2) is 7.95. The molecule has 0 spiro atoms. The highest BCUT2D eigenvalue weighted by Crippen LogP contribution is 2.25. The molecule has 1 saturated heterocycles.